The van der Waals surface area contributed by atoms with Crippen LogP contribution in [0.1, 0.15) is 20.9 Å². The number of amides is 1. The number of carbonyl (C=O) groups is 1. The number of rotatable bonds is 3. The first-order valence-electron chi connectivity index (χ1n) is 7.68. The van der Waals surface area contributed by atoms with E-state index in [4.69, 9.17) is 0 Å². The largest absolute Gasteiger partial charge is 0.321 e. The van der Waals surface area contributed by atoms with Gasteiger partial charge in [0.1, 0.15) is 9.88 Å². The highest BCUT2D eigenvalue weighted by Gasteiger charge is 2.13. The quantitative estimate of drug-likeness (QED) is 0.571. The number of nitrogens with zero attached hydrogens (tertiary/aromatic N) is 3. The topological polar surface area (TPSA) is 67.8 Å². The number of hydrogen-bond acceptors (Lipinski definition) is 6. The predicted molar refractivity (Wildman–Crippen MR) is 102 cm³/mol. The number of carbonyl (C=O) groups excluding carboxylic acids is 1. The highest BCUT2D eigenvalue weighted by Crippen LogP contribution is 2.31. The van der Waals surface area contributed by atoms with Gasteiger partial charge >= 0.3 is 0 Å². The number of aryl methyl sites for hydroxylation is 2. The molecule has 0 atom stereocenters. The van der Waals surface area contributed by atoms with E-state index >= 15 is 0 Å². The smallest absolute Gasteiger partial charge is 0.269 e. The van der Waals surface area contributed by atoms with Gasteiger partial charge in [0.05, 0.1) is 15.9 Å². The summed E-state index contributed by atoms with van der Waals surface area (Å²) in [6.45, 7) is 3.85. The number of nitrogens with one attached hydrogen (secondary N) is 1. The molecule has 4 aromatic rings. The number of anilines is 1. The Balaban J connectivity index is 1.57. The molecule has 1 N–H and O–H groups in total. The molecule has 7 heteroatoms. The van der Waals surface area contributed by atoms with Gasteiger partial charge in [-0.1, -0.05) is 10.6 Å². The number of thiazole rings is 1. The Morgan fingerprint density at radius 2 is 1.88 bits per heavy atom. The molecule has 0 fully saturated rings. The van der Waals surface area contributed by atoms with E-state index in [2.05, 4.69) is 38.9 Å². The molecule has 0 aliphatic heterocycles. The molecule has 0 bridgehead atoms. The second-order valence-corrected chi connectivity index (χ2v) is 7.49. The molecule has 4 rings (SSSR count). The minimum absolute atomic E-state index is 0.185. The summed E-state index contributed by atoms with van der Waals surface area (Å²) in [7, 11) is 0. The van der Waals surface area contributed by atoms with Crippen LogP contribution < -0.4 is 5.32 Å². The van der Waals surface area contributed by atoms with Gasteiger partial charge in [0.15, 0.2) is 0 Å². The number of benzene rings is 2. The second kappa shape index (κ2) is 6.34. The summed E-state index contributed by atoms with van der Waals surface area (Å²) < 4.78 is 4.97. The number of fused-ring (bicyclic) bond motifs is 1. The molecule has 0 spiro atoms. The average molecular weight is 366 g/mol. The number of aromatic nitrogens is 3. The van der Waals surface area contributed by atoms with Crippen molar-refractivity contribution in [3.05, 3.63) is 58.6 Å². The summed E-state index contributed by atoms with van der Waals surface area (Å²) in [5.74, 6) is -0.185. The van der Waals surface area contributed by atoms with Gasteiger partial charge < -0.3 is 5.32 Å². The monoisotopic (exact) mass is 366 g/mol. The molecule has 0 unspecified atom stereocenters. The van der Waals surface area contributed by atoms with Crippen molar-refractivity contribution in [2.75, 3.05) is 5.32 Å². The SMILES string of the molecule is Cc1ccc2nc(-c3ccc(NC(=O)c4snnc4C)cc3)sc2c1. The molecule has 0 saturated carbocycles. The Morgan fingerprint density at radius 3 is 2.60 bits per heavy atom. The fourth-order valence-corrected chi connectivity index (χ4v) is 4.10. The van der Waals surface area contributed by atoms with E-state index in [0.717, 1.165) is 33.3 Å². The zero-order chi connectivity index (χ0) is 17.4. The average Bonchev–Trinajstić information content (AvgIpc) is 3.21. The molecular formula is C18H14N4OS2. The van der Waals surface area contributed by atoms with Crippen molar-refractivity contribution in [3.8, 4) is 10.6 Å². The second-order valence-electron chi connectivity index (χ2n) is 5.71. The molecular weight excluding hydrogens is 352 g/mol. The summed E-state index contributed by atoms with van der Waals surface area (Å²) in [4.78, 5) is 17.4. The van der Waals surface area contributed by atoms with Gasteiger partial charge in [-0.05, 0) is 67.3 Å². The molecule has 0 aliphatic rings. The Kier molecular flexibility index (Phi) is 4.03. The third kappa shape index (κ3) is 3.16. The van der Waals surface area contributed by atoms with Crippen LogP contribution in [0.5, 0.6) is 0 Å². The van der Waals surface area contributed by atoms with Gasteiger partial charge in [-0.2, -0.15) is 0 Å². The Bertz CT molecular complexity index is 1070. The Morgan fingerprint density at radius 1 is 1.08 bits per heavy atom. The van der Waals surface area contributed by atoms with Crippen molar-refractivity contribution in [2.24, 2.45) is 0 Å². The van der Waals surface area contributed by atoms with Gasteiger partial charge in [-0.15, -0.1) is 16.4 Å². The maximum Gasteiger partial charge on any atom is 0.269 e. The van der Waals surface area contributed by atoms with Crippen molar-refractivity contribution in [2.45, 2.75) is 13.8 Å². The van der Waals surface area contributed by atoms with E-state index in [-0.39, 0.29) is 5.91 Å². The van der Waals surface area contributed by atoms with Crippen molar-refractivity contribution < 1.29 is 4.79 Å². The van der Waals surface area contributed by atoms with Crippen molar-refractivity contribution in [3.63, 3.8) is 0 Å². The predicted octanol–water partition coefficient (Wildman–Crippen LogP) is 4.68. The van der Waals surface area contributed by atoms with Crippen molar-refractivity contribution >= 4 is 44.7 Å². The van der Waals surface area contributed by atoms with Crippen LogP contribution in [0.3, 0.4) is 0 Å². The lowest BCUT2D eigenvalue weighted by Gasteiger charge is -2.04. The molecule has 0 saturated heterocycles. The van der Waals surface area contributed by atoms with Crippen LogP contribution in [0.25, 0.3) is 20.8 Å². The first-order chi connectivity index (χ1) is 12.1. The van der Waals surface area contributed by atoms with Crippen LogP contribution in [0.2, 0.25) is 0 Å². The van der Waals surface area contributed by atoms with Gasteiger partial charge in [0.25, 0.3) is 5.91 Å². The third-order valence-electron chi connectivity index (χ3n) is 3.79. The first kappa shape index (κ1) is 15.9. The highest BCUT2D eigenvalue weighted by molar-refractivity contribution is 7.21. The summed E-state index contributed by atoms with van der Waals surface area (Å²) in [5.41, 5.74) is 4.65. The van der Waals surface area contributed by atoms with Crippen LogP contribution in [-0.4, -0.2) is 20.5 Å². The first-order valence-corrected chi connectivity index (χ1v) is 9.27. The standard InChI is InChI=1S/C18H14N4OS2/c1-10-3-8-14-15(9-10)24-18(20-14)12-4-6-13(7-5-12)19-17(23)16-11(2)21-22-25-16/h3-9H,1-2H3,(H,19,23). The molecule has 5 nitrogen and oxygen atoms in total. The molecule has 2 aromatic heterocycles. The molecule has 0 aliphatic carbocycles. The van der Waals surface area contributed by atoms with E-state index in [9.17, 15) is 4.79 Å². The zero-order valence-corrected chi connectivity index (χ0v) is 15.2. The minimum Gasteiger partial charge on any atom is -0.321 e. The Labute approximate surface area is 152 Å². The molecule has 1 amide bonds. The van der Waals surface area contributed by atoms with Crippen molar-refractivity contribution in [1.82, 2.24) is 14.6 Å². The number of hydrogen-bond donors (Lipinski definition) is 1. The third-order valence-corrected chi connectivity index (χ3v) is 5.69. The normalized spacial score (nSPS) is 11.0. The summed E-state index contributed by atoms with van der Waals surface area (Å²) in [6, 6.07) is 14.0. The molecule has 0 radical (unpaired) electrons. The summed E-state index contributed by atoms with van der Waals surface area (Å²) >= 11 is 2.77. The minimum atomic E-state index is -0.185. The zero-order valence-electron chi connectivity index (χ0n) is 13.6. The van der Waals surface area contributed by atoms with Gasteiger partial charge in [0.2, 0.25) is 0 Å². The van der Waals surface area contributed by atoms with Crippen LogP contribution in [0.4, 0.5) is 5.69 Å². The highest BCUT2D eigenvalue weighted by atomic mass is 32.1. The Hall–Kier alpha value is -2.64. The fraction of sp³-hybridized carbons (Fsp3) is 0.111. The summed E-state index contributed by atoms with van der Waals surface area (Å²) in [6.07, 6.45) is 0. The van der Waals surface area contributed by atoms with Crippen LogP contribution in [0, 0.1) is 13.8 Å². The lowest BCUT2D eigenvalue weighted by Crippen LogP contribution is -2.11. The maximum atomic E-state index is 12.2. The van der Waals surface area contributed by atoms with Gasteiger partial charge in [0, 0.05) is 11.3 Å². The molecule has 2 aromatic carbocycles. The molecule has 25 heavy (non-hydrogen) atoms. The van der Waals surface area contributed by atoms with Gasteiger partial charge in [-0.25, -0.2) is 4.98 Å². The van der Waals surface area contributed by atoms with Crippen LogP contribution in [0.15, 0.2) is 42.5 Å². The van der Waals surface area contributed by atoms with E-state index in [1.54, 1.807) is 18.3 Å². The summed E-state index contributed by atoms with van der Waals surface area (Å²) in [5, 5.41) is 7.71. The van der Waals surface area contributed by atoms with E-state index in [1.807, 2.05) is 30.3 Å². The fourth-order valence-electron chi connectivity index (χ4n) is 2.48. The lowest BCUT2D eigenvalue weighted by molar-refractivity contribution is 0.103. The molecule has 124 valence electrons. The van der Waals surface area contributed by atoms with Gasteiger partial charge in [-0.3, -0.25) is 4.79 Å². The van der Waals surface area contributed by atoms with Crippen molar-refractivity contribution in [1.29, 1.82) is 0 Å². The maximum absolute atomic E-state index is 12.2. The van der Waals surface area contributed by atoms with E-state index in [0.29, 0.717) is 10.6 Å². The van der Waals surface area contributed by atoms with Crippen LogP contribution >= 0.6 is 22.9 Å². The van der Waals surface area contributed by atoms with E-state index < -0.39 is 0 Å². The molecule has 2 heterocycles. The van der Waals surface area contributed by atoms with Crippen LogP contribution in [-0.2, 0) is 0 Å². The lowest BCUT2D eigenvalue weighted by atomic mass is 10.2. The van der Waals surface area contributed by atoms with E-state index in [1.165, 1.54) is 10.3 Å².